The summed E-state index contributed by atoms with van der Waals surface area (Å²) in [4.78, 5) is 35.8. The summed E-state index contributed by atoms with van der Waals surface area (Å²) in [6.45, 7) is 7.00. The van der Waals surface area contributed by atoms with Crippen LogP contribution in [0.3, 0.4) is 0 Å². The fraction of sp³-hybridized carbons (Fsp3) is 0.406. The number of nitrogens with one attached hydrogen (secondary N) is 1. The maximum atomic E-state index is 13.2. The van der Waals surface area contributed by atoms with Crippen LogP contribution in [0.5, 0.6) is 5.75 Å². The minimum atomic E-state index is -4.76. The van der Waals surface area contributed by atoms with Crippen molar-refractivity contribution in [3.8, 4) is 16.9 Å². The molecule has 2 aromatic carbocycles. The Balaban J connectivity index is 1.27. The molecule has 234 valence electrons. The Morgan fingerprint density at radius 1 is 1.00 bits per heavy atom. The number of carbonyl (C=O) groups excluding carboxylic acids is 2. The molecule has 1 amide bonds. The predicted octanol–water partition coefficient (Wildman–Crippen LogP) is 5.18. The first-order chi connectivity index (χ1) is 21.1. The molecule has 44 heavy (non-hydrogen) atoms. The quantitative estimate of drug-likeness (QED) is 0.332. The fourth-order valence-electron chi connectivity index (χ4n) is 5.66. The first-order valence-corrected chi connectivity index (χ1v) is 14.6. The van der Waals surface area contributed by atoms with E-state index in [1.807, 2.05) is 18.2 Å². The summed E-state index contributed by atoms with van der Waals surface area (Å²) in [5.41, 5.74) is 3.87. The molecular formula is C32H36F3N5O4. The lowest BCUT2D eigenvalue weighted by molar-refractivity contribution is -0.274. The van der Waals surface area contributed by atoms with Gasteiger partial charge in [-0.1, -0.05) is 12.1 Å². The lowest BCUT2D eigenvalue weighted by Gasteiger charge is -2.35. The molecule has 0 radical (unpaired) electrons. The summed E-state index contributed by atoms with van der Waals surface area (Å²) < 4.78 is 46.7. The van der Waals surface area contributed by atoms with Gasteiger partial charge in [-0.15, -0.1) is 13.2 Å². The number of aromatic nitrogens is 1. The number of alkyl halides is 3. The Morgan fingerprint density at radius 2 is 1.70 bits per heavy atom. The van der Waals surface area contributed by atoms with E-state index in [1.165, 1.54) is 19.2 Å². The highest BCUT2D eigenvalue weighted by Gasteiger charge is 2.31. The van der Waals surface area contributed by atoms with E-state index in [-0.39, 0.29) is 24.2 Å². The van der Waals surface area contributed by atoms with E-state index in [0.717, 1.165) is 62.4 Å². The Bertz CT molecular complexity index is 1440. The highest BCUT2D eigenvalue weighted by molar-refractivity contribution is 6.04. The van der Waals surface area contributed by atoms with Crippen LogP contribution in [0.1, 0.15) is 35.7 Å². The van der Waals surface area contributed by atoms with E-state index in [9.17, 15) is 22.8 Å². The molecule has 2 aliphatic rings. The molecule has 2 saturated heterocycles. The van der Waals surface area contributed by atoms with E-state index in [1.54, 1.807) is 30.5 Å². The molecule has 0 aliphatic carbocycles. The number of methoxy groups -OCH3 is 1. The third-order valence-electron chi connectivity index (χ3n) is 8.14. The van der Waals surface area contributed by atoms with Crippen LogP contribution in [0.2, 0.25) is 0 Å². The van der Waals surface area contributed by atoms with E-state index in [4.69, 9.17) is 4.74 Å². The second-order valence-corrected chi connectivity index (χ2v) is 11.1. The van der Waals surface area contributed by atoms with Crippen molar-refractivity contribution in [1.82, 2.24) is 14.8 Å². The second-order valence-electron chi connectivity index (χ2n) is 11.1. The largest absolute Gasteiger partial charge is 0.573 e. The number of halogens is 3. The summed E-state index contributed by atoms with van der Waals surface area (Å²) in [5.74, 6) is -0.443. The molecule has 3 heterocycles. The summed E-state index contributed by atoms with van der Waals surface area (Å²) in [6, 6.07) is 15.3. The first-order valence-electron chi connectivity index (χ1n) is 14.6. The minimum absolute atomic E-state index is 0.246. The van der Waals surface area contributed by atoms with Crippen molar-refractivity contribution in [2.45, 2.75) is 38.7 Å². The maximum absolute atomic E-state index is 13.2. The molecule has 12 heteroatoms. The zero-order chi connectivity index (χ0) is 31.3. The van der Waals surface area contributed by atoms with Crippen molar-refractivity contribution in [2.75, 3.05) is 56.6 Å². The van der Waals surface area contributed by atoms with E-state index >= 15 is 0 Å². The zero-order valence-corrected chi connectivity index (χ0v) is 24.8. The number of rotatable bonds is 9. The van der Waals surface area contributed by atoms with Crippen LogP contribution in [0, 0.1) is 0 Å². The molecule has 1 N–H and O–H groups in total. The van der Waals surface area contributed by atoms with Crippen LogP contribution in [0.25, 0.3) is 11.1 Å². The second kappa shape index (κ2) is 13.6. The number of carbonyl (C=O) groups is 2. The lowest BCUT2D eigenvalue weighted by Crippen LogP contribution is -2.48. The van der Waals surface area contributed by atoms with Gasteiger partial charge in [0.1, 0.15) is 11.6 Å². The SMILES string of the molecule is COC(=O)CN1CCN(c2ccc(C(=O)Nc3cc(CN4CCC[C@H]4C)c(-c4ccc(OC(F)(F)F)cc4)cn3)cc2)CC1. The van der Waals surface area contributed by atoms with Gasteiger partial charge in [0, 0.05) is 61.8 Å². The van der Waals surface area contributed by atoms with Gasteiger partial charge < -0.3 is 19.7 Å². The summed E-state index contributed by atoms with van der Waals surface area (Å²) in [6.07, 6.45) is -0.933. The van der Waals surface area contributed by atoms with Crippen molar-refractivity contribution in [1.29, 1.82) is 0 Å². The van der Waals surface area contributed by atoms with Crippen molar-refractivity contribution in [3.63, 3.8) is 0 Å². The third kappa shape index (κ3) is 8.06. The predicted molar refractivity (Wildman–Crippen MR) is 161 cm³/mol. The fourth-order valence-corrected chi connectivity index (χ4v) is 5.66. The maximum Gasteiger partial charge on any atom is 0.573 e. The number of likely N-dealkylation sites (tertiary alicyclic amines) is 1. The summed E-state index contributed by atoms with van der Waals surface area (Å²) >= 11 is 0. The lowest BCUT2D eigenvalue weighted by atomic mass is 10.0. The average Bonchev–Trinajstić information content (AvgIpc) is 3.41. The van der Waals surface area contributed by atoms with Gasteiger partial charge in [0.05, 0.1) is 13.7 Å². The van der Waals surface area contributed by atoms with Crippen LogP contribution >= 0.6 is 0 Å². The Kier molecular flexibility index (Phi) is 9.70. The highest BCUT2D eigenvalue weighted by Crippen LogP contribution is 2.31. The number of anilines is 2. The number of hydrogen-bond donors (Lipinski definition) is 1. The van der Waals surface area contributed by atoms with Gasteiger partial charge >= 0.3 is 12.3 Å². The molecule has 1 aromatic heterocycles. The molecule has 9 nitrogen and oxygen atoms in total. The van der Waals surface area contributed by atoms with Crippen LogP contribution in [0.4, 0.5) is 24.7 Å². The van der Waals surface area contributed by atoms with Gasteiger partial charge in [-0.2, -0.15) is 0 Å². The third-order valence-corrected chi connectivity index (χ3v) is 8.14. The zero-order valence-electron chi connectivity index (χ0n) is 24.8. The smallest absolute Gasteiger partial charge is 0.468 e. The van der Waals surface area contributed by atoms with E-state index < -0.39 is 6.36 Å². The molecule has 3 aromatic rings. The number of hydrogen-bond acceptors (Lipinski definition) is 8. The number of ether oxygens (including phenoxy) is 2. The van der Waals surface area contributed by atoms with Gasteiger partial charge in [0.15, 0.2) is 0 Å². The average molecular weight is 612 g/mol. The number of pyridine rings is 1. The molecule has 0 spiro atoms. The van der Waals surface area contributed by atoms with Gasteiger partial charge in [-0.05, 0) is 79.9 Å². The Morgan fingerprint density at radius 3 is 2.32 bits per heavy atom. The van der Waals surface area contributed by atoms with Crippen LogP contribution in [0.15, 0.2) is 60.8 Å². The molecular weight excluding hydrogens is 575 g/mol. The number of nitrogens with zero attached hydrogens (tertiary/aromatic N) is 4. The van der Waals surface area contributed by atoms with Crippen molar-refractivity contribution in [3.05, 3.63) is 71.9 Å². The number of piperazine rings is 1. The van der Waals surface area contributed by atoms with Gasteiger partial charge in [0.2, 0.25) is 0 Å². The molecule has 0 bridgehead atoms. The van der Waals surface area contributed by atoms with E-state index in [2.05, 4.69) is 36.7 Å². The van der Waals surface area contributed by atoms with E-state index in [0.29, 0.717) is 29.5 Å². The van der Waals surface area contributed by atoms with Crippen molar-refractivity contribution >= 4 is 23.4 Å². The standard InChI is InChI=1S/C32H36F3N5O4/c1-22-4-3-13-40(22)20-25-18-29(36-19-28(25)23-7-11-27(12-8-23)44-32(33,34)35)37-31(42)24-5-9-26(10-6-24)39-16-14-38(15-17-39)21-30(41)43-2/h5-12,18-19,22H,3-4,13-17,20-21H2,1-2H3,(H,36,37,42)/t22-/m1/s1. The van der Waals surface area contributed by atoms with Gasteiger partial charge in [-0.25, -0.2) is 4.98 Å². The number of esters is 1. The summed E-state index contributed by atoms with van der Waals surface area (Å²) in [7, 11) is 1.39. The molecule has 2 fully saturated rings. The van der Waals surface area contributed by atoms with Gasteiger partial charge in [0.25, 0.3) is 5.91 Å². The molecule has 1 atom stereocenters. The van der Waals surface area contributed by atoms with Crippen LogP contribution < -0.4 is 15.0 Å². The Hall–Kier alpha value is -4.16. The molecule has 0 unspecified atom stereocenters. The topological polar surface area (TPSA) is 87.2 Å². The number of amides is 1. The molecule has 5 rings (SSSR count). The highest BCUT2D eigenvalue weighted by atomic mass is 19.4. The minimum Gasteiger partial charge on any atom is -0.468 e. The Labute approximate surface area is 254 Å². The molecule has 2 aliphatic heterocycles. The van der Waals surface area contributed by atoms with Crippen molar-refractivity contribution in [2.24, 2.45) is 0 Å². The monoisotopic (exact) mass is 611 g/mol. The first kappa shape index (κ1) is 31.3. The molecule has 0 saturated carbocycles. The van der Waals surface area contributed by atoms with Crippen molar-refractivity contribution < 1.29 is 32.2 Å². The number of benzene rings is 2. The van der Waals surface area contributed by atoms with Crippen LogP contribution in [-0.2, 0) is 16.1 Å². The summed E-state index contributed by atoms with van der Waals surface area (Å²) in [5, 5.41) is 2.90. The normalized spacial score (nSPS) is 17.8. The van der Waals surface area contributed by atoms with Gasteiger partial charge in [-0.3, -0.25) is 19.4 Å². The van der Waals surface area contributed by atoms with Crippen LogP contribution in [-0.4, -0.2) is 85.4 Å².